The number of methoxy groups -OCH3 is 1. The van der Waals surface area contributed by atoms with Gasteiger partial charge in [-0.25, -0.2) is 0 Å². The minimum atomic E-state index is -0.231. The fraction of sp³-hybridized carbons (Fsp3) is 1.00. The molecule has 1 saturated carbocycles. The van der Waals surface area contributed by atoms with Gasteiger partial charge in [0.2, 0.25) is 0 Å². The molecule has 2 rings (SSSR count). The van der Waals surface area contributed by atoms with E-state index in [4.69, 9.17) is 19.7 Å². The molecule has 1 heterocycles. The maximum absolute atomic E-state index is 9.07. The van der Waals surface area contributed by atoms with E-state index < -0.39 is 0 Å². The van der Waals surface area contributed by atoms with E-state index in [9.17, 15) is 0 Å². The highest BCUT2D eigenvalue weighted by Gasteiger charge is 2.53. The van der Waals surface area contributed by atoms with Crippen LogP contribution in [0.15, 0.2) is 0 Å². The van der Waals surface area contributed by atoms with Crippen molar-refractivity contribution in [2.24, 2.45) is 11.8 Å². The van der Waals surface area contributed by atoms with Gasteiger partial charge in [-0.3, -0.25) is 0 Å². The average molecular weight is 231 g/mol. The second-order valence-electron chi connectivity index (χ2n) is 4.66. The van der Waals surface area contributed by atoms with Crippen molar-refractivity contribution in [3.8, 4) is 0 Å². The molecule has 2 aliphatic rings. The molecule has 0 unspecified atom stereocenters. The molecule has 0 radical (unpaired) electrons. The summed E-state index contributed by atoms with van der Waals surface area (Å²) in [7, 11) is 1.69. The van der Waals surface area contributed by atoms with Crippen molar-refractivity contribution in [2.75, 3.05) is 33.5 Å². The third-order valence-electron chi connectivity index (χ3n) is 3.76. The highest BCUT2D eigenvalue weighted by molar-refractivity contribution is 5.06. The van der Waals surface area contributed by atoms with Crippen molar-refractivity contribution in [1.82, 2.24) is 5.32 Å². The quantitative estimate of drug-likeness (QED) is 0.546. The van der Waals surface area contributed by atoms with Gasteiger partial charge in [0.05, 0.1) is 32.0 Å². The van der Waals surface area contributed by atoms with Gasteiger partial charge in [-0.05, 0) is 6.42 Å². The van der Waals surface area contributed by atoms with Gasteiger partial charge in [0.15, 0.2) is 0 Å². The predicted octanol–water partition coefficient (Wildman–Crippen LogP) is -1.02. The molecule has 5 nitrogen and oxygen atoms in total. The van der Waals surface area contributed by atoms with Gasteiger partial charge in [-0.2, -0.15) is 0 Å². The first-order valence-corrected chi connectivity index (χ1v) is 5.90. The van der Waals surface area contributed by atoms with E-state index in [-0.39, 0.29) is 19.3 Å². The lowest BCUT2D eigenvalue weighted by Crippen LogP contribution is -2.64. The van der Waals surface area contributed by atoms with Gasteiger partial charge >= 0.3 is 0 Å². The SMILES string of the molecule is COC[C@H]1[C@@H](NC(CO)CO)[C@H]2CCO[C@H]21. The van der Waals surface area contributed by atoms with Crippen molar-refractivity contribution in [1.29, 1.82) is 0 Å². The Kier molecular flexibility index (Phi) is 4.16. The molecule has 2 fully saturated rings. The first kappa shape index (κ1) is 12.3. The minimum Gasteiger partial charge on any atom is -0.395 e. The molecule has 1 aliphatic carbocycles. The molecule has 0 aromatic carbocycles. The zero-order valence-electron chi connectivity index (χ0n) is 9.63. The molecule has 0 amide bonds. The molecule has 94 valence electrons. The summed E-state index contributed by atoms with van der Waals surface area (Å²) in [6.45, 7) is 1.41. The van der Waals surface area contributed by atoms with Crippen LogP contribution in [0.5, 0.6) is 0 Å². The Morgan fingerprint density at radius 3 is 2.81 bits per heavy atom. The predicted molar refractivity (Wildman–Crippen MR) is 58.1 cm³/mol. The standard InChI is InChI=1S/C11H21NO4/c1-15-6-9-10(12-7(4-13)5-14)8-2-3-16-11(8)9/h7-14H,2-6H2,1H3/t8-,9+,10+,11-/m1/s1. The maximum Gasteiger partial charge on any atom is 0.0684 e. The van der Waals surface area contributed by atoms with Crippen LogP contribution in [0.4, 0.5) is 0 Å². The third-order valence-corrected chi connectivity index (χ3v) is 3.76. The molecule has 16 heavy (non-hydrogen) atoms. The lowest BCUT2D eigenvalue weighted by Gasteiger charge is -2.48. The molecular formula is C11H21NO4. The largest absolute Gasteiger partial charge is 0.395 e. The van der Waals surface area contributed by atoms with Crippen molar-refractivity contribution < 1.29 is 19.7 Å². The van der Waals surface area contributed by atoms with Crippen LogP contribution < -0.4 is 5.32 Å². The van der Waals surface area contributed by atoms with Crippen LogP contribution in [0.1, 0.15) is 6.42 Å². The molecule has 1 aliphatic heterocycles. The number of hydrogen-bond acceptors (Lipinski definition) is 5. The molecule has 0 bridgehead atoms. The normalized spacial score (nSPS) is 37.5. The van der Waals surface area contributed by atoms with Gasteiger partial charge in [-0.15, -0.1) is 0 Å². The molecule has 0 aromatic heterocycles. The first-order valence-electron chi connectivity index (χ1n) is 5.90. The molecule has 0 spiro atoms. The number of rotatable bonds is 6. The summed E-state index contributed by atoms with van der Waals surface area (Å²) < 4.78 is 10.8. The monoisotopic (exact) mass is 231 g/mol. The number of aliphatic hydroxyl groups excluding tert-OH is 2. The number of nitrogens with one attached hydrogen (secondary N) is 1. The highest BCUT2D eigenvalue weighted by atomic mass is 16.5. The van der Waals surface area contributed by atoms with Gasteiger partial charge in [0.1, 0.15) is 0 Å². The molecular weight excluding hydrogens is 210 g/mol. The van der Waals surface area contributed by atoms with Gasteiger partial charge < -0.3 is 25.0 Å². The van der Waals surface area contributed by atoms with Crippen molar-refractivity contribution in [3.05, 3.63) is 0 Å². The average Bonchev–Trinajstić information content (AvgIpc) is 2.72. The maximum atomic E-state index is 9.07. The summed E-state index contributed by atoms with van der Waals surface area (Å²) in [5, 5.41) is 21.4. The summed E-state index contributed by atoms with van der Waals surface area (Å²) >= 11 is 0. The summed E-state index contributed by atoms with van der Waals surface area (Å²) in [6, 6.07) is 0.0719. The minimum absolute atomic E-state index is 0.0368. The molecule has 0 aromatic rings. The van der Waals surface area contributed by atoms with E-state index in [1.165, 1.54) is 0 Å². The van der Waals surface area contributed by atoms with Crippen LogP contribution in [-0.2, 0) is 9.47 Å². The van der Waals surface area contributed by atoms with Crippen molar-refractivity contribution in [2.45, 2.75) is 24.6 Å². The fourth-order valence-electron chi connectivity index (χ4n) is 2.90. The second kappa shape index (κ2) is 5.42. The Morgan fingerprint density at radius 2 is 2.19 bits per heavy atom. The third kappa shape index (κ3) is 2.10. The van der Waals surface area contributed by atoms with E-state index in [1.807, 2.05) is 0 Å². The molecule has 4 atom stereocenters. The Hall–Kier alpha value is -0.200. The second-order valence-corrected chi connectivity index (χ2v) is 4.66. The van der Waals surface area contributed by atoms with Crippen LogP contribution in [-0.4, -0.2) is 61.9 Å². The van der Waals surface area contributed by atoms with Crippen LogP contribution in [0.25, 0.3) is 0 Å². The lowest BCUT2D eigenvalue weighted by atomic mass is 9.67. The highest BCUT2D eigenvalue weighted by Crippen LogP contribution is 2.43. The van der Waals surface area contributed by atoms with E-state index in [0.29, 0.717) is 30.6 Å². The Balaban J connectivity index is 1.91. The van der Waals surface area contributed by atoms with Crippen LogP contribution >= 0.6 is 0 Å². The van der Waals surface area contributed by atoms with Crippen LogP contribution in [0.2, 0.25) is 0 Å². The van der Waals surface area contributed by atoms with Crippen LogP contribution in [0, 0.1) is 11.8 Å². The van der Waals surface area contributed by atoms with E-state index >= 15 is 0 Å². The topological polar surface area (TPSA) is 71.0 Å². The van der Waals surface area contributed by atoms with Crippen molar-refractivity contribution >= 4 is 0 Å². The van der Waals surface area contributed by atoms with Gasteiger partial charge in [0.25, 0.3) is 0 Å². The van der Waals surface area contributed by atoms with Gasteiger partial charge in [-0.1, -0.05) is 0 Å². The smallest absolute Gasteiger partial charge is 0.0684 e. The van der Waals surface area contributed by atoms with E-state index in [1.54, 1.807) is 7.11 Å². The fourth-order valence-corrected chi connectivity index (χ4v) is 2.90. The Bertz CT molecular complexity index is 222. The van der Waals surface area contributed by atoms with Gasteiger partial charge in [0, 0.05) is 31.6 Å². The van der Waals surface area contributed by atoms with Crippen molar-refractivity contribution in [3.63, 3.8) is 0 Å². The van der Waals surface area contributed by atoms with Crippen LogP contribution in [0.3, 0.4) is 0 Å². The summed E-state index contributed by atoms with van der Waals surface area (Å²) in [5.41, 5.74) is 0. The zero-order chi connectivity index (χ0) is 11.5. The summed E-state index contributed by atoms with van der Waals surface area (Å²) in [4.78, 5) is 0. The number of aliphatic hydroxyl groups is 2. The number of fused-ring (bicyclic) bond motifs is 1. The Morgan fingerprint density at radius 1 is 1.44 bits per heavy atom. The number of hydrogen-bond donors (Lipinski definition) is 3. The summed E-state index contributed by atoms with van der Waals surface area (Å²) in [5.74, 6) is 0.860. The first-order chi connectivity index (χ1) is 7.81. The Labute approximate surface area is 95.7 Å². The summed E-state index contributed by atoms with van der Waals surface area (Å²) in [6.07, 6.45) is 1.36. The number of ether oxygens (including phenoxy) is 2. The zero-order valence-corrected chi connectivity index (χ0v) is 9.63. The molecule has 1 saturated heterocycles. The molecule has 5 heteroatoms. The van der Waals surface area contributed by atoms with E-state index in [2.05, 4.69) is 5.32 Å². The lowest BCUT2D eigenvalue weighted by molar-refractivity contribution is -0.0895. The molecule has 3 N–H and O–H groups in total. The van der Waals surface area contributed by atoms with E-state index in [0.717, 1.165) is 13.0 Å².